The highest BCUT2D eigenvalue weighted by molar-refractivity contribution is 6.16. The van der Waals surface area contributed by atoms with Crippen LogP contribution in [0.25, 0.3) is 0 Å². The zero-order valence-corrected chi connectivity index (χ0v) is 20.1. The Bertz CT molecular complexity index is 792. The third-order valence-electron chi connectivity index (χ3n) is 7.08. The number of nitrogens with one attached hydrogen (secondary N) is 1. The summed E-state index contributed by atoms with van der Waals surface area (Å²) in [5.74, 6) is 0.0591. The van der Waals surface area contributed by atoms with Gasteiger partial charge in [-0.25, -0.2) is 0 Å². The molecule has 3 heteroatoms. The average Bonchev–Trinajstić information content (AvgIpc) is 3.03. The lowest BCUT2D eigenvalue weighted by molar-refractivity contribution is -0.128. The molecule has 3 rings (SSSR count). The smallest absolute Gasteiger partial charge is 0.235 e. The van der Waals surface area contributed by atoms with Gasteiger partial charge >= 0.3 is 0 Å². The molecular formula is C28H41NO2. The maximum absolute atomic E-state index is 13.4. The summed E-state index contributed by atoms with van der Waals surface area (Å²) < 4.78 is 0. The zero-order chi connectivity index (χ0) is 22.4. The summed E-state index contributed by atoms with van der Waals surface area (Å²) in [7, 11) is 0. The van der Waals surface area contributed by atoms with E-state index < -0.39 is 5.92 Å². The fourth-order valence-corrected chi connectivity index (χ4v) is 5.22. The highest BCUT2D eigenvalue weighted by atomic mass is 16.2. The Balaban J connectivity index is 1.79. The highest BCUT2D eigenvalue weighted by Gasteiger charge is 2.37. The Morgan fingerprint density at radius 2 is 1.35 bits per heavy atom. The van der Waals surface area contributed by atoms with Crippen molar-refractivity contribution in [3.63, 3.8) is 0 Å². The molecule has 31 heavy (non-hydrogen) atoms. The zero-order valence-electron chi connectivity index (χ0n) is 20.1. The molecule has 0 spiro atoms. The molecule has 170 valence electrons. The summed E-state index contributed by atoms with van der Waals surface area (Å²) in [6, 6.07) is 6.27. The summed E-state index contributed by atoms with van der Waals surface area (Å²) in [6.07, 6.45) is 12.3. The molecule has 0 heterocycles. The van der Waals surface area contributed by atoms with Crippen LogP contribution in [0.5, 0.6) is 0 Å². The van der Waals surface area contributed by atoms with Gasteiger partial charge < -0.3 is 5.32 Å². The minimum absolute atomic E-state index is 0.0951. The third kappa shape index (κ3) is 5.87. The molecule has 1 aromatic rings. The van der Waals surface area contributed by atoms with Crippen LogP contribution in [-0.4, -0.2) is 11.7 Å². The number of hydrogen-bond donors (Lipinski definition) is 1. The SMILES string of the molecule is CC(C)c1cccc(C(C)C)c1NC(=O)C1CC2=C(CCCCCCCCCC2)C1=O. The molecule has 1 unspecified atom stereocenters. The predicted octanol–water partition coefficient (Wildman–Crippen LogP) is 7.67. The molecule has 3 nitrogen and oxygen atoms in total. The fraction of sp³-hybridized carbons (Fsp3) is 0.643. The van der Waals surface area contributed by atoms with Crippen LogP contribution in [0, 0.1) is 5.92 Å². The van der Waals surface area contributed by atoms with Gasteiger partial charge in [-0.05, 0) is 60.6 Å². The lowest BCUT2D eigenvalue weighted by atomic mass is 9.92. The van der Waals surface area contributed by atoms with E-state index in [2.05, 4.69) is 51.2 Å². The normalized spacial score (nSPS) is 21.1. The summed E-state index contributed by atoms with van der Waals surface area (Å²) in [5.41, 5.74) is 5.48. The molecule has 2 aliphatic rings. The van der Waals surface area contributed by atoms with Crippen molar-refractivity contribution in [3.8, 4) is 0 Å². The van der Waals surface area contributed by atoms with E-state index in [1.165, 1.54) is 44.1 Å². The van der Waals surface area contributed by atoms with Crippen LogP contribution in [0.1, 0.15) is 121 Å². The number of hydrogen-bond acceptors (Lipinski definition) is 2. The number of allylic oxidation sites excluding steroid dienone is 2. The second-order valence-corrected chi connectivity index (χ2v) is 10.1. The monoisotopic (exact) mass is 423 g/mol. The van der Waals surface area contributed by atoms with E-state index in [0.717, 1.165) is 48.1 Å². The van der Waals surface area contributed by atoms with Gasteiger partial charge in [-0.3, -0.25) is 9.59 Å². The number of anilines is 1. The third-order valence-corrected chi connectivity index (χ3v) is 7.08. The van der Waals surface area contributed by atoms with Crippen molar-refractivity contribution in [2.24, 2.45) is 5.92 Å². The van der Waals surface area contributed by atoms with Crippen LogP contribution >= 0.6 is 0 Å². The number of amides is 1. The van der Waals surface area contributed by atoms with Crippen LogP contribution in [-0.2, 0) is 9.59 Å². The number of Topliss-reactive ketones (excluding diaryl/α,β-unsaturated/α-hetero) is 1. The van der Waals surface area contributed by atoms with Crippen molar-refractivity contribution in [3.05, 3.63) is 40.5 Å². The van der Waals surface area contributed by atoms with Gasteiger partial charge in [0.25, 0.3) is 0 Å². The Labute approximate surface area is 189 Å². The Kier molecular flexibility index (Phi) is 8.51. The van der Waals surface area contributed by atoms with Crippen LogP contribution in [0.4, 0.5) is 5.69 Å². The first-order valence-corrected chi connectivity index (χ1v) is 12.6. The molecule has 0 radical (unpaired) electrons. The molecule has 1 atom stereocenters. The van der Waals surface area contributed by atoms with Gasteiger partial charge in [0, 0.05) is 5.69 Å². The van der Waals surface area contributed by atoms with E-state index in [0.29, 0.717) is 18.3 Å². The van der Waals surface area contributed by atoms with Gasteiger partial charge in [0.05, 0.1) is 0 Å². The number of benzene rings is 1. The van der Waals surface area contributed by atoms with Gasteiger partial charge in [-0.1, -0.05) is 90.0 Å². The quantitative estimate of drug-likeness (QED) is 0.505. The second-order valence-electron chi connectivity index (χ2n) is 10.1. The molecule has 0 aromatic heterocycles. The second kappa shape index (κ2) is 11.1. The van der Waals surface area contributed by atoms with Crippen molar-refractivity contribution >= 4 is 17.4 Å². The minimum Gasteiger partial charge on any atom is -0.325 e. The molecule has 0 aliphatic heterocycles. The minimum atomic E-state index is -0.546. The number of ketones is 1. The Morgan fingerprint density at radius 3 is 1.90 bits per heavy atom. The number of rotatable bonds is 4. The van der Waals surface area contributed by atoms with Crippen molar-refractivity contribution in [2.75, 3.05) is 5.32 Å². The predicted molar refractivity (Wildman–Crippen MR) is 130 cm³/mol. The van der Waals surface area contributed by atoms with E-state index in [9.17, 15) is 9.59 Å². The Hall–Kier alpha value is -1.90. The van der Waals surface area contributed by atoms with Crippen LogP contribution < -0.4 is 5.32 Å². The molecule has 0 saturated carbocycles. The van der Waals surface area contributed by atoms with Gasteiger partial charge in [0.2, 0.25) is 5.91 Å². The average molecular weight is 424 g/mol. The number of para-hydroxylation sites is 1. The number of carbonyl (C=O) groups excluding carboxylic acids is 2. The molecule has 0 fully saturated rings. The van der Waals surface area contributed by atoms with Gasteiger partial charge in [0.1, 0.15) is 5.92 Å². The Morgan fingerprint density at radius 1 is 0.839 bits per heavy atom. The molecule has 2 aliphatic carbocycles. The lowest BCUT2D eigenvalue weighted by Gasteiger charge is -2.21. The van der Waals surface area contributed by atoms with Gasteiger partial charge in [-0.2, -0.15) is 0 Å². The van der Waals surface area contributed by atoms with Gasteiger partial charge in [-0.15, -0.1) is 0 Å². The van der Waals surface area contributed by atoms with E-state index >= 15 is 0 Å². The fourth-order valence-electron chi connectivity index (χ4n) is 5.22. The molecule has 1 amide bonds. The summed E-state index contributed by atoms with van der Waals surface area (Å²) >= 11 is 0. The van der Waals surface area contributed by atoms with Crippen molar-refractivity contribution in [1.29, 1.82) is 0 Å². The molecule has 0 saturated heterocycles. The summed E-state index contributed by atoms with van der Waals surface area (Å²) in [6.45, 7) is 8.61. The number of carbonyl (C=O) groups is 2. The van der Waals surface area contributed by atoms with Crippen molar-refractivity contribution in [2.45, 2.75) is 110 Å². The standard InChI is InChI=1S/C28H41NO2/c1-19(2)22-16-13-17-23(20(3)4)26(22)29-28(31)25-18-21-14-11-9-7-5-6-8-10-12-15-24(21)27(25)30/h13,16-17,19-20,25H,5-12,14-15,18H2,1-4H3,(H,29,31). The summed E-state index contributed by atoms with van der Waals surface area (Å²) in [5, 5.41) is 3.21. The first kappa shape index (κ1) is 23.8. The van der Waals surface area contributed by atoms with E-state index in [1.807, 2.05) is 0 Å². The van der Waals surface area contributed by atoms with Crippen LogP contribution in [0.3, 0.4) is 0 Å². The van der Waals surface area contributed by atoms with E-state index in [-0.39, 0.29) is 11.7 Å². The first-order valence-electron chi connectivity index (χ1n) is 12.6. The topological polar surface area (TPSA) is 46.2 Å². The van der Waals surface area contributed by atoms with Crippen molar-refractivity contribution < 1.29 is 9.59 Å². The summed E-state index contributed by atoms with van der Waals surface area (Å²) in [4.78, 5) is 26.7. The van der Waals surface area contributed by atoms with E-state index in [1.54, 1.807) is 0 Å². The molecule has 1 aromatic carbocycles. The lowest BCUT2D eigenvalue weighted by Crippen LogP contribution is -2.28. The van der Waals surface area contributed by atoms with Crippen molar-refractivity contribution in [1.82, 2.24) is 0 Å². The van der Waals surface area contributed by atoms with E-state index in [4.69, 9.17) is 0 Å². The van der Waals surface area contributed by atoms with Crippen LogP contribution in [0.15, 0.2) is 29.3 Å². The molecule has 0 bridgehead atoms. The maximum Gasteiger partial charge on any atom is 0.235 e. The maximum atomic E-state index is 13.4. The molecular weight excluding hydrogens is 382 g/mol. The first-order chi connectivity index (χ1) is 14.9. The van der Waals surface area contributed by atoms with Gasteiger partial charge in [0.15, 0.2) is 5.78 Å². The highest BCUT2D eigenvalue weighted by Crippen LogP contribution is 2.38. The van der Waals surface area contributed by atoms with Crippen LogP contribution in [0.2, 0.25) is 0 Å². The molecule has 1 N–H and O–H groups in total. The largest absolute Gasteiger partial charge is 0.325 e.